The van der Waals surface area contributed by atoms with E-state index in [2.05, 4.69) is 70.1 Å². The largest absolute Gasteiger partial charge is 0.0876 e. The van der Waals surface area contributed by atoms with E-state index in [4.69, 9.17) is 0 Å². The summed E-state index contributed by atoms with van der Waals surface area (Å²) in [5, 5.41) is 3.62. The fourth-order valence-electron chi connectivity index (χ4n) is 4.70. The van der Waals surface area contributed by atoms with Crippen molar-refractivity contribution in [3.63, 3.8) is 0 Å². The van der Waals surface area contributed by atoms with Gasteiger partial charge < -0.3 is 0 Å². The molecule has 0 saturated heterocycles. The quantitative estimate of drug-likeness (QED) is 0.0826. The van der Waals surface area contributed by atoms with Gasteiger partial charge in [-0.25, -0.2) is 0 Å². The molecule has 0 saturated carbocycles. The molecule has 0 heterocycles. The van der Waals surface area contributed by atoms with Gasteiger partial charge in [0.15, 0.2) is 0 Å². The van der Waals surface area contributed by atoms with Gasteiger partial charge >= 0.3 is 0 Å². The maximum absolute atomic E-state index is 3.71. The number of halogens is 2. The Bertz CT molecular complexity index is 556. The molecule has 3 heteroatoms. The predicted molar refractivity (Wildman–Crippen MR) is 153 cm³/mol. The number of benzene rings is 1. The van der Waals surface area contributed by atoms with Crippen LogP contribution < -0.4 is 5.19 Å². The fraction of sp³-hybridized carbons (Fsp3) is 0.786. The van der Waals surface area contributed by atoms with E-state index in [9.17, 15) is 0 Å². The predicted octanol–water partition coefficient (Wildman–Crippen LogP) is 10.7. The third kappa shape index (κ3) is 13.6. The molecule has 0 radical (unpaired) electrons. The molecule has 1 aromatic rings. The van der Waals surface area contributed by atoms with E-state index in [1.54, 1.807) is 5.19 Å². The van der Waals surface area contributed by atoms with Crippen LogP contribution in [-0.2, 0) is 10.7 Å². The molecule has 0 unspecified atom stereocenters. The van der Waals surface area contributed by atoms with E-state index >= 15 is 0 Å². The van der Waals surface area contributed by atoms with E-state index < -0.39 is 8.07 Å². The summed E-state index contributed by atoms with van der Waals surface area (Å²) in [6.45, 7) is 7.43. The van der Waals surface area contributed by atoms with Crippen LogP contribution in [0.3, 0.4) is 0 Å². The summed E-state index contributed by atoms with van der Waals surface area (Å²) in [5.74, 6) is 0. The number of unbranched alkanes of at least 4 members (excludes halogenated alkanes) is 15. The molecule has 0 bridgehead atoms. The molecule has 0 N–H and O–H groups in total. The molecule has 0 aromatic heterocycles. The van der Waals surface area contributed by atoms with Gasteiger partial charge in [0.1, 0.15) is 0 Å². The Morgan fingerprint density at radius 1 is 0.613 bits per heavy atom. The minimum Gasteiger partial charge on any atom is -0.0876 e. The van der Waals surface area contributed by atoms with E-state index in [1.807, 2.05) is 0 Å². The van der Waals surface area contributed by atoms with Gasteiger partial charge in [0.25, 0.3) is 0 Å². The Morgan fingerprint density at radius 2 is 1.06 bits per heavy atom. The summed E-state index contributed by atoms with van der Waals surface area (Å²) in [5.41, 5.74) is 2.94. The summed E-state index contributed by atoms with van der Waals surface area (Å²) in [6.07, 6.45) is 23.2. The van der Waals surface area contributed by atoms with Crippen LogP contribution in [0.15, 0.2) is 18.2 Å². The summed E-state index contributed by atoms with van der Waals surface area (Å²) in [4.78, 5) is 0. The van der Waals surface area contributed by atoms with Crippen LogP contribution in [-0.4, -0.2) is 8.07 Å². The van der Waals surface area contributed by atoms with Crippen LogP contribution in [0.1, 0.15) is 121 Å². The van der Waals surface area contributed by atoms with Crippen molar-refractivity contribution in [2.75, 3.05) is 0 Å². The molecule has 0 amide bonds. The molecule has 1 rings (SSSR count). The summed E-state index contributed by atoms with van der Waals surface area (Å²) in [6, 6.07) is 8.51. The summed E-state index contributed by atoms with van der Waals surface area (Å²) in [7, 11) is -1.35. The lowest BCUT2D eigenvalue weighted by Crippen LogP contribution is -2.43. The first-order chi connectivity index (χ1) is 15.0. The van der Waals surface area contributed by atoms with Crippen molar-refractivity contribution in [1.29, 1.82) is 0 Å². The van der Waals surface area contributed by atoms with Crippen molar-refractivity contribution < 1.29 is 0 Å². The molecule has 0 atom stereocenters. The highest BCUT2D eigenvalue weighted by molar-refractivity contribution is 9.08. The highest BCUT2D eigenvalue weighted by Crippen LogP contribution is 2.21. The molecule has 0 fully saturated rings. The Balaban J connectivity index is 2.04. The van der Waals surface area contributed by atoms with Gasteiger partial charge in [-0.1, -0.05) is 184 Å². The second-order valence-electron chi connectivity index (χ2n) is 10.2. The normalized spacial score (nSPS) is 11.9. The molecule has 31 heavy (non-hydrogen) atoms. The number of rotatable bonds is 20. The van der Waals surface area contributed by atoms with Gasteiger partial charge in [-0.15, -0.1) is 0 Å². The van der Waals surface area contributed by atoms with Crippen molar-refractivity contribution in [2.24, 2.45) is 0 Å². The van der Waals surface area contributed by atoms with Crippen molar-refractivity contribution in [3.8, 4) is 0 Å². The first kappa shape index (κ1) is 29.4. The molecular weight excluding hydrogens is 524 g/mol. The second kappa shape index (κ2) is 18.8. The Morgan fingerprint density at radius 3 is 1.48 bits per heavy atom. The van der Waals surface area contributed by atoms with Gasteiger partial charge in [-0.2, -0.15) is 0 Å². The topological polar surface area (TPSA) is 0 Å². The van der Waals surface area contributed by atoms with E-state index in [1.165, 1.54) is 120 Å². The zero-order chi connectivity index (χ0) is 22.8. The molecule has 0 aliphatic rings. The van der Waals surface area contributed by atoms with Crippen molar-refractivity contribution in [2.45, 2.75) is 139 Å². The zero-order valence-corrected chi connectivity index (χ0v) is 25.1. The first-order valence-electron chi connectivity index (χ1n) is 13.3. The SMILES string of the molecule is CCCCCCCCCCCCCCCCCC[Si](C)(C)c1cc(CBr)ccc1CBr. The molecule has 0 nitrogen and oxygen atoms in total. The van der Waals surface area contributed by atoms with Gasteiger partial charge in [-0.05, 0) is 11.1 Å². The second-order valence-corrected chi connectivity index (χ2v) is 16.1. The van der Waals surface area contributed by atoms with Gasteiger partial charge in [-0.3, -0.25) is 0 Å². The summed E-state index contributed by atoms with van der Waals surface area (Å²) < 4.78 is 0. The highest BCUT2D eigenvalue weighted by Gasteiger charge is 2.25. The van der Waals surface area contributed by atoms with Crippen LogP contribution in [0.25, 0.3) is 0 Å². The maximum Gasteiger partial charge on any atom is 0.0810 e. The molecule has 0 aliphatic carbocycles. The first-order valence-corrected chi connectivity index (χ1v) is 18.7. The van der Waals surface area contributed by atoms with E-state index in [0.29, 0.717) is 0 Å². The number of hydrogen-bond acceptors (Lipinski definition) is 0. The average Bonchev–Trinajstić information content (AvgIpc) is 2.78. The maximum atomic E-state index is 3.71. The van der Waals surface area contributed by atoms with Crippen LogP contribution >= 0.6 is 31.9 Å². The van der Waals surface area contributed by atoms with Crippen LogP contribution in [0.2, 0.25) is 19.1 Å². The number of hydrogen-bond donors (Lipinski definition) is 0. The van der Waals surface area contributed by atoms with Crippen LogP contribution in [0, 0.1) is 0 Å². The van der Waals surface area contributed by atoms with Gasteiger partial charge in [0.2, 0.25) is 0 Å². The van der Waals surface area contributed by atoms with Gasteiger partial charge in [0.05, 0.1) is 8.07 Å². The minimum absolute atomic E-state index is 0.964. The van der Waals surface area contributed by atoms with Crippen molar-refractivity contribution in [1.82, 2.24) is 0 Å². The van der Waals surface area contributed by atoms with E-state index in [-0.39, 0.29) is 0 Å². The standard InChI is InChI=1S/C28H50Br2Si/c1-4-5-6-7-8-9-10-11-12-13-14-15-16-17-18-19-22-31(2,3)28-23-26(24-29)20-21-27(28)25-30/h20-21,23H,4-19,22,24-25H2,1-3H3. The molecular formula is C28H50Br2Si. The highest BCUT2D eigenvalue weighted by atomic mass is 79.9. The van der Waals surface area contributed by atoms with E-state index in [0.717, 1.165) is 10.7 Å². The molecule has 0 aliphatic heterocycles. The van der Waals surface area contributed by atoms with Crippen molar-refractivity contribution >= 4 is 45.1 Å². The Hall–Kier alpha value is 0.397. The Labute approximate surface area is 213 Å². The van der Waals surface area contributed by atoms with Crippen LogP contribution in [0.4, 0.5) is 0 Å². The lowest BCUT2D eigenvalue weighted by molar-refractivity contribution is 0.531. The zero-order valence-electron chi connectivity index (χ0n) is 20.9. The van der Waals surface area contributed by atoms with Crippen LogP contribution in [0.5, 0.6) is 0 Å². The smallest absolute Gasteiger partial charge is 0.0810 e. The summed E-state index contributed by atoms with van der Waals surface area (Å²) >= 11 is 7.34. The lowest BCUT2D eigenvalue weighted by atomic mass is 10.0. The third-order valence-electron chi connectivity index (χ3n) is 6.86. The minimum atomic E-state index is -1.35. The van der Waals surface area contributed by atoms with Crippen molar-refractivity contribution in [3.05, 3.63) is 29.3 Å². The number of alkyl halides is 2. The molecule has 180 valence electrons. The Kier molecular flexibility index (Phi) is 17.8. The average molecular weight is 575 g/mol. The monoisotopic (exact) mass is 572 g/mol. The molecule has 0 spiro atoms. The fourth-order valence-corrected chi connectivity index (χ4v) is 8.82. The lowest BCUT2D eigenvalue weighted by Gasteiger charge is -2.26. The third-order valence-corrected chi connectivity index (χ3v) is 11.6. The van der Waals surface area contributed by atoms with Gasteiger partial charge in [0, 0.05) is 10.7 Å². The molecule has 1 aromatic carbocycles.